The highest BCUT2D eigenvalue weighted by molar-refractivity contribution is 4.69. The van der Waals surface area contributed by atoms with E-state index in [-0.39, 0.29) is 6.61 Å². The third-order valence-corrected chi connectivity index (χ3v) is 2.62. The Morgan fingerprint density at radius 1 is 1.23 bits per heavy atom. The van der Waals surface area contributed by atoms with Crippen molar-refractivity contribution in [3.63, 3.8) is 0 Å². The van der Waals surface area contributed by atoms with Crippen molar-refractivity contribution in [2.45, 2.75) is 40.5 Å². The van der Waals surface area contributed by atoms with E-state index in [0.717, 1.165) is 19.4 Å². The molecule has 0 aromatic rings. The van der Waals surface area contributed by atoms with Crippen LogP contribution < -0.4 is 0 Å². The van der Waals surface area contributed by atoms with Crippen LogP contribution in [-0.4, -0.2) is 24.9 Å². The molecule has 2 heteroatoms. The Balaban J connectivity index is 3.32. The van der Waals surface area contributed by atoms with E-state index in [2.05, 4.69) is 27.7 Å². The number of rotatable bonds is 6. The summed E-state index contributed by atoms with van der Waals surface area (Å²) in [5.74, 6) is 0.682. The molecule has 1 N–H and O–H groups in total. The highest BCUT2D eigenvalue weighted by Crippen LogP contribution is 2.27. The van der Waals surface area contributed by atoms with E-state index in [1.165, 1.54) is 0 Å². The maximum absolute atomic E-state index is 8.52. The molecule has 0 saturated heterocycles. The average Bonchev–Trinajstić information content (AvgIpc) is 2.02. The number of aliphatic hydroxyl groups is 1. The first-order valence-electron chi connectivity index (χ1n) is 5.17. The van der Waals surface area contributed by atoms with E-state index in [9.17, 15) is 0 Å². The average molecular weight is 188 g/mol. The summed E-state index contributed by atoms with van der Waals surface area (Å²) in [4.78, 5) is 0. The van der Waals surface area contributed by atoms with Crippen molar-refractivity contribution in [2.75, 3.05) is 19.8 Å². The molecule has 0 radical (unpaired) electrons. The highest BCUT2D eigenvalue weighted by Gasteiger charge is 2.19. The van der Waals surface area contributed by atoms with Crippen molar-refractivity contribution < 1.29 is 9.84 Å². The van der Waals surface area contributed by atoms with Crippen LogP contribution >= 0.6 is 0 Å². The van der Waals surface area contributed by atoms with Gasteiger partial charge in [-0.15, -0.1) is 0 Å². The molecule has 0 spiro atoms. The molecule has 0 aliphatic rings. The molecule has 0 aromatic heterocycles. The van der Waals surface area contributed by atoms with Crippen LogP contribution in [-0.2, 0) is 4.74 Å². The normalized spacial score (nSPS) is 14.5. The summed E-state index contributed by atoms with van der Waals surface area (Å²) in [6.45, 7) is 10.8. The van der Waals surface area contributed by atoms with Gasteiger partial charge in [-0.2, -0.15) is 0 Å². The van der Waals surface area contributed by atoms with Gasteiger partial charge in [0.2, 0.25) is 0 Å². The van der Waals surface area contributed by atoms with Crippen LogP contribution in [0.4, 0.5) is 0 Å². The van der Waals surface area contributed by atoms with Crippen LogP contribution in [0.25, 0.3) is 0 Å². The smallest absolute Gasteiger partial charge is 0.0487 e. The van der Waals surface area contributed by atoms with E-state index in [4.69, 9.17) is 9.84 Å². The quantitative estimate of drug-likeness (QED) is 0.649. The van der Waals surface area contributed by atoms with Gasteiger partial charge in [-0.1, -0.05) is 27.7 Å². The molecule has 0 saturated carbocycles. The Labute approximate surface area is 82.3 Å². The summed E-state index contributed by atoms with van der Waals surface area (Å²) in [6.07, 6.45) is 1.86. The molecule has 0 rings (SSSR count). The van der Waals surface area contributed by atoms with Gasteiger partial charge in [-0.25, -0.2) is 0 Å². The van der Waals surface area contributed by atoms with Crippen molar-refractivity contribution in [2.24, 2.45) is 11.3 Å². The minimum Gasteiger partial charge on any atom is -0.396 e. The van der Waals surface area contributed by atoms with Crippen molar-refractivity contribution in [1.82, 2.24) is 0 Å². The summed E-state index contributed by atoms with van der Waals surface area (Å²) in [6, 6.07) is 0. The molecule has 0 aliphatic carbocycles. The first kappa shape index (κ1) is 12.9. The Morgan fingerprint density at radius 3 is 2.31 bits per heavy atom. The molecule has 0 bridgehead atoms. The van der Waals surface area contributed by atoms with Gasteiger partial charge in [0, 0.05) is 19.8 Å². The van der Waals surface area contributed by atoms with Crippen molar-refractivity contribution >= 4 is 0 Å². The van der Waals surface area contributed by atoms with E-state index in [0.29, 0.717) is 17.9 Å². The number of ether oxygens (including phenoxy) is 1. The molecule has 80 valence electrons. The molecule has 0 heterocycles. The van der Waals surface area contributed by atoms with Gasteiger partial charge in [0.15, 0.2) is 0 Å². The minimum atomic E-state index is 0.231. The van der Waals surface area contributed by atoms with E-state index in [1.807, 2.05) is 0 Å². The first-order valence-corrected chi connectivity index (χ1v) is 5.17. The second-order valence-electron chi connectivity index (χ2n) is 4.75. The maximum atomic E-state index is 8.52. The van der Waals surface area contributed by atoms with Crippen LogP contribution in [0.2, 0.25) is 0 Å². The maximum Gasteiger partial charge on any atom is 0.0487 e. The molecule has 13 heavy (non-hydrogen) atoms. The van der Waals surface area contributed by atoms with Crippen molar-refractivity contribution in [3.8, 4) is 0 Å². The van der Waals surface area contributed by atoms with Crippen LogP contribution in [0, 0.1) is 11.3 Å². The Kier molecular flexibility index (Phi) is 6.35. The first-order chi connectivity index (χ1) is 5.98. The summed E-state index contributed by atoms with van der Waals surface area (Å²) < 4.78 is 5.38. The zero-order valence-electron chi connectivity index (χ0n) is 9.47. The molecule has 0 aromatic carbocycles. The predicted molar refractivity (Wildman–Crippen MR) is 55.8 cm³/mol. The number of hydrogen-bond donors (Lipinski definition) is 1. The molecule has 2 nitrogen and oxygen atoms in total. The van der Waals surface area contributed by atoms with Gasteiger partial charge >= 0.3 is 0 Å². The lowest BCUT2D eigenvalue weighted by Crippen LogP contribution is -2.19. The van der Waals surface area contributed by atoms with Gasteiger partial charge in [0.05, 0.1) is 0 Å². The second kappa shape index (κ2) is 6.39. The SMILES string of the molecule is CC(CCOCCCO)C(C)(C)C. The van der Waals surface area contributed by atoms with E-state index < -0.39 is 0 Å². The fourth-order valence-electron chi connectivity index (χ4n) is 0.962. The van der Waals surface area contributed by atoms with Gasteiger partial charge in [0.25, 0.3) is 0 Å². The zero-order valence-corrected chi connectivity index (χ0v) is 9.47. The summed E-state index contributed by atoms with van der Waals surface area (Å²) >= 11 is 0. The fraction of sp³-hybridized carbons (Fsp3) is 1.00. The van der Waals surface area contributed by atoms with Crippen molar-refractivity contribution in [3.05, 3.63) is 0 Å². The molecule has 1 unspecified atom stereocenters. The van der Waals surface area contributed by atoms with Gasteiger partial charge in [0.1, 0.15) is 0 Å². The molecule has 0 aliphatic heterocycles. The molecule has 1 atom stereocenters. The van der Waals surface area contributed by atoms with Crippen LogP contribution in [0.3, 0.4) is 0 Å². The zero-order chi connectivity index (χ0) is 10.3. The van der Waals surface area contributed by atoms with Crippen LogP contribution in [0.1, 0.15) is 40.5 Å². The number of aliphatic hydroxyl groups excluding tert-OH is 1. The monoisotopic (exact) mass is 188 g/mol. The standard InChI is InChI=1S/C11H24O2/c1-10(11(2,3)4)6-9-13-8-5-7-12/h10,12H,5-9H2,1-4H3. The Morgan fingerprint density at radius 2 is 1.85 bits per heavy atom. The Bertz CT molecular complexity index is 116. The van der Waals surface area contributed by atoms with E-state index in [1.54, 1.807) is 0 Å². The molecule has 0 fully saturated rings. The van der Waals surface area contributed by atoms with Crippen LogP contribution in [0.15, 0.2) is 0 Å². The molecule has 0 amide bonds. The van der Waals surface area contributed by atoms with Crippen LogP contribution in [0.5, 0.6) is 0 Å². The topological polar surface area (TPSA) is 29.5 Å². The van der Waals surface area contributed by atoms with Gasteiger partial charge in [-0.05, 0) is 24.2 Å². The largest absolute Gasteiger partial charge is 0.396 e. The Hall–Kier alpha value is -0.0800. The minimum absolute atomic E-state index is 0.231. The predicted octanol–water partition coefficient (Wildman–Crippen LogP) is 2.46. The lowest BCUT2D eigenvalue weighted by molar-refractivity contribution is 0.0905. The summed E-state index contributed by atoms with van der Waals surface area (Å²) in [5.41, 5.74) is 0.375. The molecular formula is C11H24O2. The van der Waals surface area contributed by atoms with Gasteiger partial charge in [-0.3, -0.25) is 0 Å². The second-order valence-corrected chi connectivity index (χ2v) is 4.75. The lowest BCUT2D eigenvalue weighted by atomic mass is 9.80. The van der Waals surface area contributed by atoms with Crippen molar-refractivity contribution in [1.29, 1.82) is 0 Å². The fourth-order valence-corrected chi connectivity index (χ4v) is 0.962. The summed E-state index contributed by atoms with van der Waals surface area (Å²) in [7, 11) is 0. The lowest BCUT2D eigenvalue weighted by Gasteiger charge is -2.27. The summed E-state index contributed by atoms with van der Waals surface area (Å²) in [5, 5.41) is 8.52. The highest BCUT2D eigenvalue weighted by atomic mass is 16.5. The third kappa shape index (κ3) is 7.03. The van der Waals surface area contributed by atoms with Gasteiger partial charge < -0.3 is 9.84 Å². The third-order valence-electron chi connectivity index (χ3n) is 2.62. The van der Waals surface area contributed by atoms with E-state index >= 15 is 0 Å². The number of hydrogen-bond acceptors (Lipinski definition) is 2. The molecular weight excluding hydrogens is 164 g/mol.